The summed E-state index contributed by atoms with van der Waals surface area (Å²) in [6, 6.07) is 8.00. The van der Waals surface area contributed by atoms with Crippen LogP contribution in [0.2, 0.25) is 0 Å². The lowest BCUT2D eigenvalue weighted by Gasteiger charge is -2.41. The number of carbonyl (C=O) groups is 2. The molecule has 1 atom stereocenters. The summed E-state index contributed by atoms with van der Waals surface area (Å²) in [5.74, 6) is 0.210. The van der Waals surface area contributed by atoms with Gasteiger partial charge in [0.2, 0.25) is 5.91 Å². The van der Waals surface area contributed by atoms with Crippen molar-refractivity contribution in [3.8, 4) is 0 Å². The Hall–Kier alpha value is -2.67. The summed E-state index contributed by atoms with van der Waals surface area (Å²) in [5, 5.41) is 3.12. The first kappa shape index (κ1) is 19.6. The second-order valence-corrected chi connectivity index (χ2v) is 8.00. The molecule has 7 heteroatoms. The van der Waals surface area contributed by atoms with Gasteiger partial charge < -0.3 is 19.7 Å². The number of likely N-dealkylation sites (tertiary alicyclic amines) is 1. The van der Waals surface area contributed by atoms with Crippen molar-refractivity contribution in [3.63, 3.8) is 0 Å². The van der Waals surface area contributed by atoms with E-state index in [-0.39, 0.29) is 17.9 Å². The summed E-state index contributed by atoms with van der Waals surface area (Å²) in [5.41, 5.74) is 3.76. The van der Waals surface area contributed by atoms with Crippen LogP contribution in [0.3, 0.4) is 0 Å². The van der Waals surface area contributed by atoms with E-state index in [0.29, 0.717) is 19.6 Å². The molecule has 1 N–H and O–H groups in total. The molecule has 1 unspecified atom stereocenters. The Morgan fingerprint density at radius 2 is 2.14 bits per heavy atom. The summed E-state index contributed by atoms with van der Waals surface area (Å²) in [6.45, 7) is 8.02. The van der Waals surface area contributed by atoms with Crippen LogP contribution in [0.15, 0.2) is 30.5 Å². The molecule has 0 bridgehead atoms. The summed E-state index contributed by atoms with van der Waals surface area (Å²) >= 11 is 0. The molecule has 4 heterocycles. The molecular weight excluding hydrogens is 366 g/mol. The number of aryl methyl sites for hydroxylation is 1. The number of pyridine rings is 1. The van der Waals surface area contributed by atoms with E-state index in [9.17, 15) is 9.59 Å². The molecule has 2 saturated heterocycles. The number of piperidine rings is 1. The van der Waals surface area contributed by atoms with Gasteiger partial charge in [-0.2, -0.15) is 0 Å². The molecule has 2 aliphatic heterocycles. The number of carbonyl (C=O) groups excluding carboxylic acids is 2. The molecule has 2 fully saturated rings. The van der Waals surface area contributed by atoms with Gasteiger partial charge in [-0.1, -0.05) is 6.07 Å². The number of nitrogens with zero attached hydrogens (tertiary/aromatic N) is 4. The van der Waals surface area contributed by atoms with Gasteiger partial charge in [0.1, 0.15) is 0 Å². The first-order chi connectivity index (χ1) is 14.0. The lowest BCUT2D eigenvalue weighted by atomic mass is 10.0. The maximum absolute atomic E-state index is 13.3. The maximum Gasteiger partial charge on any atom is 0.255 e. The van der Waals surface area contributed by atoms with Crippen molar-refractivity contribution in [3.05, 3.63) is 53.1 Å². The smallest absolute Gasteiger partial charge is 0.255 e. The average molecular weight is 396 g/mol. The molecule has 2 aliphatic rings. The van der Waals surface area contributed by atoms with Crippen molar-refractivity contribution < 1.29 is 9.59 Å². The third-order valence-corrected chi connectivity index (χ3v) is 6.10. The van der Waals surface area contributed by atoms with Crippen LogP contribution in [0.4, 0.5) is 0 Å². The minimum Gasteiger partial charge on any atom is -0.342 e. The quantitative estimate of drug-likeness (QED) is 0.853. The van der Waals surface area contributed by atoms with E-state index in [1.807, 2.05) is 47.9 Å². The van der Waals surface area contributed by atoms with Gasteiger partial charge in [0.05, 0.1) is 24.3 Å². The van der Waals surface area contributed by atoms with E-state index in [0.717, 1.165) is 55.1 Å². The highest BCUT2D eigenvalue weighted by atomic mass is 16.2. The number of rotatable bonds is 4. The minimum atomic E-state index is 0.0673. The fraction of sp³-hybridized carbons (Fsp3) is 0.500. The third-order valence-electron chi connectivity index (χ3n) is 6.10. The Bertz CT molecular complexity index is 892. The average Bonchev–Trinajstić information content (AvgIpc) is 3.02. The molecule has 0 aromatic carbocycles. The first-order valence-electron chi connectivity index (χ1n) is 10.4. The molecule has 0 aliphatic carbocycles. The van der Waals surface area contributed by atoms with Crippen molar-refractivity contribution in [1.82, 2.24) is 24.7 Å². The van der Waals surface area contributed by atoms with Gasteiger partial charge in [0.15, 0.2) is 0 Å². The number of hydrogen-bond donors (Lipinski definition) is 1. The topological polar surface area (TPSA) is 70.5 Å². The van der Waals surface area contributed by atoms with Crippen LogP contribution in [0, 0.1) is 13.8 Å². The normalized spacial score (nSPS) is 20.2. The predicted octanol–water partition coefficient (Wildman–Crippen LogP) is 1.58. The van der Waals surface area contributed by atoms with E-state index < -0.39 is 0 Å². The van der Waals surface area contributed by atoms with E-state index in [2.05, 4.69) is 14.9 Å². The van der Waals surface area contributed by atoms with Crippen LogP contribution in [0.25, 0.3) is 0 Å². The highest BCUT2D eigenvalue weighted by Gasteiger charge is 2.32. The molecule has 2 amide bonds. The maximum atomic E-state index is 13.3. The molecule has 154 valence electrons. The van der Waals surface area contributed by atoms with Gasteiger partial charge in [0, 0.05) is 49.8 Å². The number of piperazine rings is 1. The van der Waals surface area contributed by atoms with Gasteiger partial charge in [0.25, 0.3) is 5.91 Å². The zero-order valence-electron chi connectivity index (χ0n) is 17.2. The fourth-order valence-electron chi connectivity index (χ4n) is 4.49. The SMILES string of the molecule is Cc1cc(C(=O)N2CCCC(N3CCNCC3=O)C2)c(C)n1Cc1ccccn1. The van der Waals surface area contributed by atoms with Gasteiger partial charge in [-0.05, 0) is 44.9 Å². The monoisotopic (exact) mass is 395 g/mol. The Morgan fingerprint density at radius 3 is 2.90 bits per heavy atom. The molecule has 0 radical (unpaired) electrons. The van der Waals surface area contributed by atoms with Crippen molar-refractivity contribution in [2.24, 2.45) is 0 Å². The van der Waals surface area contributed by atoms with Crippen molar-refractivity contribution in [2.75, 3.05) is 32.7 Å². The van der Waals surface area contributed by atoms with Gasteiger partial charge in [-0.3, -0.25) is 14.6 Å². The summed E-state index contributed by atoms with van der Waals surface area (Å²) in [7, 11) is 0. The molecule has 0 saturated carbocycles. The molecule has 4 rings (SSSR count). The second kappa shape index (κ2) is 8.37. The molecule has 2 aromatic heterocycles. The largest absolute Gasteiger partial charge is 0.342 e. The van der Waals surface area contributed by atoms with Crippen LogP contribution in [-0.2, 0) is 11.3 Å². The summed E-state index contributed by atoms with van der Waals surface area (Å²) in [6.07, 6.45) is 3.69. The van der Waals surface area contributed by atoms with Gasteiger partial charge in [-0.15, -0.1) is 0 Å². The van der Waals surface area contributed by atoms with Crippen LogP contribution in [0.1, 0.15) is 40.3 Å². The van der Waals surface area contributed by atoms with Crippen LogP contribution in [0.5, 0.6) is 0 Å². The predicted molar refractivity (Wildman–Crippen MR) is 111 cm³/mol. The van der Waals surface area contributed by atoms with Crippen LogP contribution >= 0.6 is 0 Å². The number of aromatic nitrogens is 2. The Morgan fingerprint density at radius 1 is 1.28 bits per heavy atom. The van der Waals surface area contributed by atoms with Crippen molar-refractivity contribution in [1.29, 1.82) is 0 Å². The fourth-order valence-corrected chi connectivity index (χ4v) is 4.49. The number of hydrogen-bond acceptors (Lipinski definition) is 4. The lowest BCUT2D eigenvalue weighted by molar-refractivity contribution is -0.135. The molecule has 29 heavy (non-hydrogen) atoms. The van der Waals surface area contributed by atoms with Crippen LogP contribution < -0.4 is 5.32 Å². The third kappa shape index (κ3) is 4.05. The Balaban J connectivity index is 1.50. The summed E-state index contributed by atoms with van der Waals surface area (Å²) in [4.78, 5) is 33.9. The highest BCUT2D eigenvalue weighted by Crippen LogP contribution is 2.23. The number of amides is 2. The zero-order valence-corrected chi connectivity index (χ0v) is 17.2. The van der Waals surface area contributed by atoms with E-state index in [1.165, 1.54) is 0 Å². The molecule has 7 nitrogen and oxygen atoms in total. The molecule has 2 aromatic rings. The lowest BCUT2D eigenvalue weighted by Crippen LogP contribution is -2.57. The van der Waals surface area contributed by atoms with E-state index in [4.69, 9.17) is 0 Å². The second-order valence-electron chi connectivity index (χ2n) is 8.00. The summed E-state index contributed by atoms with van der Waals surface area (Å²) < 4.78 is 2.15. The standard InChI is InChI=1S/C22H29N5O2/c1-16-12-20(17(2)27(16)14-18-6-3-4-8-24-18)22(29)25-10-5-7-19(15-25)26-11-9-23-13-21(26)28/h3-4,6,8,12,19,23H,5,7,9-11,13-15H2,1-2H3. The minimum absolute atomic E-state index is 0.0673. The zero-order chi connectivity index (χ0) is 20.4. The molecular formula is C22H29N5O2. The van der Waals surface area contributed by atoms with Gasteiger partial charge in [-0.25, -0.2) is 0 Å². The van der Waals surface area contributed by atoms with Gasteiger partial charge >= 0.3 is 0 Å². The van der Waals surface area contributed by atoms with Crippen LogP contribution in [-0.4, -0.2) is 69.9 Å². The Kier molecular flexibility index (Phi) is 5.67. The first-order valence-corrected chi connectivity index (χ1v) is 10.4. The number of nitrogens with one attached hydrogen (secondary N) is 1. The van der Waals surface area contributed by atoms with Crippen molar-refractivity contribution in [2.45, 2.75) is 39.3 Å². The van der Waals surface area contributed by atoms with E-state index >= 15 is 0 Å². The van der Waals surface area contributed by atoms with Crippen molar-refractivity contribution >= 4 is 11.8 Å². The Labute approximate surface area is 171 Å². The van der Waals surface area contributed by atoms with E-state index in [1.54, 1.807) is 6.20 Å². The highest BCUT2D eigenvalue weighted by molar-refractivity contribution is 5.96. The molecule has 0 spiro atoms.